The van der Waals surface area contributed by atoms with Gasteiger partial charge in [0.25, 0.3) is 0 Å². The van der Waals surface area contributed by atoms with E-state index >= 15 is 0 Å². The minimum absolute atomic E-state index is 1.13. The molecule has 4 unspecified atom stereocenters. The average Bonchev–Trinajstić information content (AvgIpc) is 3.08. The van der Waals surface area contributed by atoms with E-state index in [-0.39, 0.29) is 0 Å². The van der Waals surface area contributed by atoms with E-state index in [1.807, 2.05) is 0 Å². The number of rotatable bonds is 2. The molecule has 0 N–H and O–H groups in total. The van der Waals surface area contributed by atoms with Gasteiger partial charge in [0.05, 0.1) is 0 Å². The Labute approximate surface area is 119 Å². The third kappa shape index (κ3) is 2.28. The van der Waals surface area contributed by atoms with E-state index in [4.69, 9.17) is 0 Å². The van der Waals surface area contributed by atoms with E-state index in [0.29, 0.717) is 0 Å². The molecule has 4 rings (SSSR count). The summed E-state index contributed by atoms with van der Waals surface area (Å²) in [6, 6.07) is 0. The average molecular weight is 260 g/mol. The van der Waals surface area contributed by atoms with Crippen molar-refractivity contribution in [1.82, 2.24) is 0 Å². The Hall–Kier alpha value is 0. The van der Waals surface area contributed by atoms with E-state index in [1.54, 1.807) is 83.5 Å². The highest BCUT2D eigenvalue weighted by Gasteiger charge is 2.50. The maximum atomic E-state index is 1.64. The summed E-state index contributed by atoms with van der Waals surface area (Å²) in [6.45, 7) is 0. The van der Waals surface area contributed by atoms with Gasteiger partial charge in [0.1, 0.15) is 0 Å². The lowest BCUT2D eigenvalue weighted by Gasteiger charge is -2.32. The summed E-state index contributed by atoms with van der Waals surface area (Å²) in [4.78, 5) is 0. The molecule has 4 fully saturated rings. The van der Waals surface area contributed by atoms with Crippen molar-refractivity contribution in [3.05, 3.63) is 0 Å². The van der Waals surface area contributed by atoms with Gasteiger partial charge in [-0.3, -0.25) is 0 Å². The topological polar surface area (TPSA) is 0 Å². The molecule has 0 aromatic heterocycles. The molecule has 4 atom stereocenters. The molecule has 108 valence electrons. The largest absolute Gasteiger partial charge is 0.0530 e. The van der Waals surface area contributed by atoms with Crippen LogP contribution < -0.4 is 0 Å². The van der Waals surface area contributed by atoms with Crippen LogP contribution in [0.15, 0.2) is 0 Å². The van der Waals surface area contributed by atoms with Crippen molar-refractivity contribution in [3.8, 4) is 0 Å². The molecule has 0 radical (unpaired) electrons. The molecular formula is C19H32. The molecule has 0 nitrogen and oxygen atoms in total. The molecule has 4 aliphatic rings. The summed E-state index contributed by atoms with van der Waals surface area (Å²) < 4.78 is 0. The molecule has 0 aromatic carbocycles. The van der Waals surface area contributed by atoms with Gasteiger partial charge in [-0.25, -0.2) is 0 Å². The number of hydrogen-bond donors (Lipinski definition) is 0. The first-order chi connectivity index (χ1) is 9.43. The van der Waals surface area contributed by atoms with Crippen LogP contribution in [0.2, 0.25) is 0 Å². The molecule has 0 amide bonds. The van der Waals surface area contributed by atoms with Gasteiger partial charge in [-0.2, -0.15) is 0 Å². The van der Waals surface area contributed by atoms with Gasteiger partial charge in [-0.05, 0) is 67.6 Å². The van der Waals surface area contributed by atoms with Crippen LogP contribution in [0.5, 0.6) is 0 Å². The van der Waals surface area contributed by atoms with Crippen LogP contribution in [0.3, 0.4) is 0 Å². The van der Waals surface area contributed by atoms with Crippen molar-refractivity contribution < 1.29 is 0 Å². The zero-order chi connectivity index (χ0) is 12.7. The first-order valence-electron chi connectivity index (χ1n) is 9.43. The fraction of sp³-hybridized carbons (Fsp3) is 1.00. The molecule has 0 heterocycles. The van der Waals surface area contributed by atoms with Crippen molar-refractivity contribution in [2.24, 2.45) is 35.5 Å². The van der Waals surface area contributed by atoms with E-state index < -0.39 is 0 Å². The normalized spacial score (nSPS) is 47.1. The van der Waals surface area contributed by atoms with Gasteiger partial charge in [-0.1, -0.05) is 51.4 Å². The predicted molar refractivity (Wildman–Crippen MR) is 81.0 cm³/mol. The third-order valence-corrected chi connectivity index (χ3v) is 7.48. The van der Waals surface area contributed by atoms with Crippen molar-refractivity contribution in [1.29, 1.82) is 0 Å². The molecule has 0 aromatic rings. The fourth-order valence-electron chi connectivity index (χ4n) is 6.80. The van der Waals surface area contributed by atoms with Crippen molar-refractivity contribution >= 4 is 0 Å². The molecule has 0 aliphatic heterocycles. The van der Waals surface area contributed by atoms with Crippen molar-refractivity contribution in [2.75, 3.05) is 0 Å². The highest BCUT2D eigenvalue weighted by molar-refractivity contribution is 5.00. The molecule has 0 saturated heterocycles. The summed E-state index contributed by atoms with van der Waals surface area (Å²) in [5.74, 6) is 6.98. The number of hydrogen-bond acceptors (Lipinski definition) is 0. The van der Waals surface area contributed by atoms with Crippen LogP contribution >= 0.6 is 0 Å². The van der Waals surface area contributed by atoms with E-state index in [0.717, 1.165) is 5.92 Å². The second-order valence-corrected chi connectivity index (χ2v) is 8.27. The standard InChI is InChI=1S/C19H32/c1-2-8-14(7-1)13-19-17-11-5-3-9-15(17)16-10-4-6-12-18(16)19/h14-19H,1-13H2. The Bertz CT molecular complexity index is 279. The Kier molecular flexibility index (Phi) is 3.62. The molecule has 19 heavy (non-hydrogen) atoms. The zero-order valence-electron chi connectivity index (χ0n) is 12.7. The minimum Gasteiger partial charge on any atom is -0.0530 e. The Morgan fingerprint density at radius 1 is 0.474 bits per heavy atom. The summed E-state index contributed by atoms with van der Waals surface area (Å²) in [5, 5.41) is 0. The molecule has 0 bridgehead atoms. The second kappa shape index (κ2) is 5.41. The van der Waals surface area contributed by atoms with E-state index in [2.05, 4.69) is 0 Å². The maximum Gasteiger partial charge on any atom is -0.0349 e. The SMILES string of the molecule is C1CCC(CC2C3CCCCC3C3CCCCC32)C1. The summed E-state index contributed by atoms with van der Waals surface area (Å²) in [5.41, 5.74) is 0. The fourth-order valence-corrected chi connectivity index (χ4v) is 6.80. The number of fused-ring (bicyclic) bond motifs is 3. The molecule has 4 aliphatic carbocycles. The Balaban J connectivity index is 1.52. The third-order valence-electron chi connectivity index (χ3n) is 7.48. The van der Waals surface area contributed by atoms with Gasteiger partial charge in [0, 0.05) is 0 Å². The summed E-state index contributed by atoms with van der Waals surface area (Å²) in [6.07, 6.45) is 20.5. The van der Waals surface area contributed by atoms with Gasteiger partial charge >= 0.3 is 0 Å². The molecule has 4 saturated carbocycles. The lowest BCUT2D eigenvalue weighted by Crippen LogP contribution is -2.22. The van der Waals surface area contributed by atoms with Gasteiger partial charge in [0.15, 0.2) is 0 Å². The van der Waals surface area contributed by atoms with Crippen LogP contribution in [0, 0.1) is 35.5 Å². The highest BCUT2D eigenvalue weighted by atomic mass is 14.6. The zero-order valence-corrected chi connectivity index (χ0v) is 12.7. The van der Waals surface area contributed by atoms with E-state index in [9.17, 15) is 0 Å². The first kappa shape index (κ1) is 12.7. The molecule has 0 spiro atoms. The quantitative estimate of drug-likeness (QED) is 0.588. The van der Waals surface area contributed by atoms with Crippen molar-refractivity contribution in [3.63, 3.8) is 0 Å². The lowest BCUT2D eigenvalue weighted by molar-refractivity contribution is 0.184. The van der Waals surface area contributed by atoms with Crippen LogP contribution in [0.25, 0.3) is 0 Å². The minimum atomic E-state index is 1.13. The van der Waals surface area contributed by atoms with E-state index in [1.165, 1.54) is 29.6 Å². The lowest BCUT2D eigenvalue weighted by atomic mass is 9.73. The van der Waals surface area contributed by atoms with Gasteiger partial charge < -0.3 is 0 Å². The first-order valence-corrected chi connectivity index (χ1v) is 9.43. The highest BCUT2D eigenvalue weighted by Crippen LogP contribution is 2.59. The van der Waals surface area contributed by atoms with Crippen LogP contribution in [0.1, 0.15) is 83.5 Å². The monoisotopic (exact) mass is 260 g/mol. The second-order valence-electron chi connectivity index (χ2n) is 8.27. The molecular weight excluding hydrogens is 228 g/mol. The van der Waals surface area contributed by atoms with Crippen LogP contribution in [-0.2, 0) is 0 Å². The van der Waals surface area contributed by atoms with Gasteiger partial charge in [-0.15, -0.1) is 0 Å². The maximum absolute atomic E-state index is 1.64. The molecule has 0 heteroatoms. The van der Waals surface area contributed by atoms with Gasteiger partial charge in [0.2, 0.25) is 0 Å². The van der Waals surface area contributed by atoms with Crippen LogP contribution in [0.4, 0.5) is 0 Å². The summed E-state index contributed by atoms with van der Waals surface area (Å²) >= 11 is 0. The summed E-state index contributed by atoms with van der Waals surface area (Å²) in [7, 11) is 0. The van der Waals surface area contributed by atoms with Crippen molar-refractivity contribution in [2.45, 2.75) is 83.5 Å². The van der Waals surface area contributed by atoms with Crippen LogP contribution in [-0.4, -0.2) is 0 Å². The smallest absolute Gasteiger partial charge is 0.0349 e. The Morgan fingerprint density at radius 3 is 1.42 bits per heavy atom. The predicted octanol–water partition coefficient (Wildman–Crippen LogP) is 5.81. The Morgan fingerprint density at radius 2 is 0.895 bits per heavy atom.